The Morgan fingerprint density at radius 2 is 1.00 bits per heavy atom. The Kier molecular flexibility index (Phi) is 9.38. The fourth-order valence-corrected chi connectivity index (χ4v) is 5.65. The van der Waals surface area contributed by atoms with E-state index in [-0.39, 0.29) is 13.2 Å². The molecule has 2 aromatic rings. The summed E-state index contributed by atoms with van der Waals surface area (Å²) in [5.74, 6) is -1.14. The van der Waals surface area contributed by atoms with Gasteiger partial charge in [0.1, 0.15) is 13.2 Å². The Morgan fingerprint density at radius 3 is 1.28 bits per heavy atom. The molecular weight excluding hydrogens is 636 g/mol. The molecule has 0 radical (unpaired) electrons. The van der Waals surface area contributed by atoms with Crippen LogP contribution in [0.15, 0.2) is 54.3 Å². The number of hydrogen-bond acceptors (Lipinski definition) is 4. The quantitative estimate of drug-likeness (QED) is 0.221. The smallest absolute Gasteiger partial charge is 0.323 e. The first-order valence-electron chi connectivity index (χ1n) is 8.94. The zero-order chi connectivity index (χ0) is 21.6. The molecule has 0 unspecified atom stereocenters. The maximum atomic E-state index is 12.9. The lowest BCUT2D eigenvalue weighted by Crippen LogP contribution is -2.41. The van der Waals surface area contributed by atoms with Gasteiger partial charge in [-0.25, -0.2) is 0 Å². The number of hydrogen-bond donors (Lipinski definition) is 0. The Bertz CT molecular complexity index is 784. The normalized spacial score (nSPS) is 11.2. The van der Waals surface area contributed by atoms with Gasteiger partial charge in [-0.05, 0) is 60.4 Å². The van der Waals surface area contributed by atoms with E-state index < -0.39 is 17.4 Å². The molecule has 2 rings (SSSR count). The maximum absolute atomic E-state index is 12.9. The summed E-state index contributed by atoms with van der Waals surface area (Å²) in [6.07, 6.45) is 0.594. The van der Waals surface area contributed by atoms with Crippen LogP contribution in [0.2, 0.25) is 0 Å². The van der Waals surface area contributed by atoms with Crippen molar-refractivity contribution in [3.63, 3.8) is 0 Å². The van der Waals surface area contributed by atoms with E-state index in [9.17, 15) is 9.59 Å². The van der Waals surface area contributed by atoms with Crippen molar-refractivity contribution in [3.8, 4) is 0 Å². The highest BCUT2D eigenvalue weighted by atomic mass is 79.9. The molecule has 0 N–H and O–H groups in total. The Balaban J connectivity index is 2.09. The second-order valence-electron chi connectivity index (χ2n) is 6.50. The van der Waals surface area contributed by atoms with E-state index in [1.165, 1.54) is 0 Å². The summed E-state index contributed by atoms with van der Waals surface area (Å²) < 4.78 is 14.5. The number of ether oxygens (including phenoxy) is 2. The average Bonchev–Trinajstić information content (AvgIpc) is 2.64. The fraction of sp³-hybridized carbons (Fsp3) is 0.333. The van der Waals surface area contributed by atoms with Crippen LogP contribution < -0.4 is 0 Å². The summed E-state index contributed by atoms with van der Waals surface area (Å²) in [7, 11) is 0. The minimum atomic E-state index is -1.33. The molecule has 2 aromatic carbocycles. The van der Waals surface area contributed by atoms with Crippen molar-refractivity contribution < 1.29 is 19.1 Å². The van der Waals surface area contributed by atoms with E-state index >= 15 is 0 Å². The molecule has 29 heavy (non-hydrogen) atoms. The summed E-state index contributed by atoms with van der Waals surface area (Å²) in [5, 5.41) is 0. The molecule has 0 bridgehead atoms. The van der Waals surface area contributed by atoms with Gasteiger partial charge in [0.2, 0.25) is 0 Å². The third-order valence-corrected chi connectivity index (χ3v) is 6.40. The van der Waals surface area contributed by atoms with E-state index in [1.54, 1.807) is 13.8 Å². The van der Waals surface area contributed by atoms with Crippen LogP contribution in [0.1, 0.15) is 37.8 Å². The zero-order valence-corrected chi connectivity index (χ0v) is 22.3. The van der Waals surface area contributed by atoms with Gasteiger partial charge in [0, 0.05) is 17.9 Å². The molecule has 0 aliphatic rings. The van der Waals surface area contributed by atoms with Gasteiger partial charge in [-0.1, -0.05) is 77.6 Å². The van der Waals surface area contributed by atoms with Gasteiger partial charge in [0.15, 0.2) is 5.41 Å². The molecule has 0 atom stereocenters. The van der Waals surface area contributed by atoms with Crippen LogP contribution in [0.5, 0.6) is 0 Å². The first kappa shape index (κ1) is 24.6. The monoisotopic (exact) mass is 652 g/mol. The lowest BCUT2D eigenvalue weighted by molar-refractivity contribution is -0.175. The minimum Gasteiger partial charge on any atom is -0.460 e. The van der Waals surface area contributed by atoms with Crippen molar-refractivity contribution in [3.05, 3.63) is 65.4 Å². The highest BCUT2D eigenvalue weighted by Gasteiger charge is 2.46. The summed E-state index contributed by atoms with van der Waals surface area (Å²) in [4.78, 5) is 25.7. The van der Waals surface area contributed by atoms with Gasteiger partial charge in [-0.15, -0.1) is 0 Å². The fourth-order valence-electron chi connectivity index (χ4n) is 2.87. The van der Waals surface area contributed by atoms with Gasteiger partial charge < -0.3 is 9.47 Å². The third-order valence-electron chi connectivity index (χ3n) is 4.57. The van der Waals surface area contributed by atoms with Crippen LogP contribution in [0, 0.1) is 5.41 Å². The van der Waals surface area contributed by atoms with E-state index in [2.05, 4.69) is 63.7 Å². The molecule has 4 nitrogen and oxygen atoms in total. The van der Waals surface area contributed by atoms with E-state index in [4.69, 9.17) is 9.47 Å². The molecule has 8 heteroatoms. The van der Waals surface area contributed by atoms with Crippen LogP contribution >= 0.6 is 63.7 Å². The van der Waals surface area contributed by atoms with Crippen molar-refractivity contribution in [2.75, 3.05) is 0 Å². The third kappa shape index (κ3) is 6.64. The molecule has 0 fully saturated rings. The molecule has 0 aromatic heterocycles. The van der Waals surface area contributed by atoms with Gasteiger partial charge in [-0.3, -0.25) is 9.59 Å². The molecule has 0 amide bonds. The van der Waals surface area contributed by atoms with Crippen molar-refractivity contribution in [2.24, 2.45) is 5.41 Å². The highest BCUT2D eigenvalue weighted by molar-refractivity contribution is 9.11. The standard InChI is InChI=1S/C21H20Br4O4/c1-3-21(4-2,19(26)28-11-13-5-15(22)9-16(23)6-13)20(27)29-12-14-7-17(24)10-18(25)8-14/h5-10H,3-4,11-12H2,1-2H3. The predicted molar refractivity (Wildman–Crippen MR) is 126 cm³/mol. The average molecular weight is 656 g/mol. The summed E-state index contributed by atoms with van der Waals surface area (Å²) in [6.45, 7) is 3.73. The van der Waals surface area contributed by atoms with Gasteiger partial charge in [0.05, 0.1) is 0 Å². The number of esters is 2. The lowest BCUT2D eigenvalue weighted by Gasteiger charge is -2.27. The molecule has 0 saturated carbocycles. The van der Waals surface area contributed by atoms with E-state index in [0.29, 0.717) is 12.8 Å². The summed E-state index contributed by atoms with van der Waals surface area (Å²) in [6, 6.07) is 11.2. The molecular formula is C21H20Br4O4. The SMILES string of the molecule is CCC(CC)(C(=O)OCc1cc(Br)cc(Br)c1)C(=O)OCc1cc(Br)cc(Br)c1. The maximum Gasteiger partial charge on any atom is 0.323 e. The molecule has 0 spiro atoms. The van der Waals surface area contributed by atoms with E-state index in [0.717, 1.165) is 29.0 Å². The predicted octanol–water partition coefficient (Wildman–Crippen LogP) is 7.33. The highest BCUT2D eigenvalue weighted by Crippen LogP contribution is 2.32. The van der Waals surface area contributed by atoms with Crippen LogP contribution in [-0.4, -0.2) is 11.9 Å². The molecule has 0 saturated heterocycles. The number of rotatable bonds is 8. The second-order valence-corrected chi connectivity index (χ2v) is 10.2. The van der Waals surface area contributed by atoms with Gasteiger partial charge >= 0.3 is 11.9 Å². The Morgan fingerprint density at radius 1 is 0.690 bits per heavy atom. The summed E-state index contributed by atoms with van der Waals surface area (Å²) in [5.41, 5.74) is 0.299. The second kappa shape index (κ2) is 11.1. The largest absolute Gasteiger partial charge is 0.460 e. The summed E-state index contributed by atoms with van der Waals surface area (Å²) >= 11 is 13.6. The number of halogens is 4. The van der Waals surface area contributed by atoms with E-state index in [1.807, 2.05) is 36.4 Å². The van der Waals surface area contributed by atoms with Crippen molar-refractivity contribution in [2.45, 2.75) is 39.9 Å². The molecule has 156 valence electrons. The first-order chi connectivity index (χ1) is 13.7. The zero-order valence-electron chi connectivity index (χ0n) is 15.9. The van der Waals surface area contributed by atoms with Crippen molar-refractivity contribution >= 4 is 75.7 Å². The van der Waals surface area contributed by atoms with Crippen molar-refractivity contribution in [1.82, 2.24) is 0 Å². The number of carbonyl (C=O) groups is 2. The van der Waals surface area contributed by atoms with Crippen LogP contribution in [0.3, 0.4) is 0 Å². The van der Waals surface area contributed by atoms with Gasteiger partial charge in [0.25, 0.3) is 0 Å². The van der Waals surface area contributed by atoms with Crippen molar-refractivity contribution in [1.29, 1.82) is 0 Å². The lowest BCUT2D eigenvalue weighted by atomic mass is 9.82. The van der Waals surface area contributed by atoms with Crippen LogP contribution in [0.25, 0.3) is 0 Å². The first-order valence-corrected chi connectivity index (χ1v) is 12.1. The molecule has 0 heterocycles. The minimum absolute atomic E-state index is 0.0739. The van der Waals surface area contributed by atoms with Crippen LogP contribution in [-0.2, 0) is 32.3 Å². The Hall–Kier alpha value is -0.700. The Labute approximate surface area is 204 Å². The van der Waals surface area contributed by atoms with Crippen LogP contribution in [0.4, 0.5) is 0 Å². The topological polar surface area (TPSA) is 52.6 Å². The molecule has 0 aliphatic heterocycles. The molecule has 0 aliphatic carbocycles. The van der Waals surface area contributed by atoms with Gasteiger partial charge in [-0.2, -0.15) is 0 Å². The number of carbonyl (C=O) groups excluding carboxylic acids is 2. The number of benzene rings is 2.